The van der Waals surface area contributed by atoms with E-state index >= 15 is 0 Å². The second-order valence-electron chi connectivity index (χ2n) is 5.91. The van der Waals surface area contributed by atoms with Crippen molar-refractivity contribution in [1.82, 2.24) is 5.32 Å². The smallest absolute Gasteiger partial charge is 0.123 e. The van der Waals surface area contributed by atoms with Gasteiger partial charge in [0.1, 0.15) is 5.75 Å². The Balaban J connectivity index is 1.88. The molecule has 108 valence electrons. The fraction of sp³-hybridized carbons (Fsp3) is 0.588. The van der Waals surface area contributed by atoms with Crippen molar-refractivity contribution in [3.63, 3.8) is 0 Å². The molecule has 1 aliphatic carbocycles. The molecule has 2 unspecified atom stereocenters. The summed E-state index contributed by atoms with van der Waals surface area (Å²) in [5.41, 5.74) is 1.75. The Bertz CT molecular complexity index is 478. The average Bonchev–Trinajstić information content (AvgIpc) is 2.47. The minimum Gasteiger partial charge on any atom is -0.496 e. The Morgan fingerprint density at radius 3 is 2.95 bits per heavy atom. The topological polar surface area (TPSA) is 45.0 Å². The van der Waals surface area contributed by atoms with Crippen LogP contribution >= 0.6 is 0 Å². The molecular weight excluding hydrogens is 248 g/mol. The number of methoxy groups -OCH3 is 1. The predicted octanol–water partition coefficient (Wildman–Crippen LogP) is 3.48. The Labute approximate surface area is 121 Å². The average molecular weight is 272 g/mol. The lowest BCUT2D eigenvalue weighted by Crippen LogP contribution is -2.26. The molecule has 0 spiro atoms. The van der Waals surface area contributed by atoms with Crippen molar-refractivity contribution in [2.75, 3.05) is 13.7 Å². The summed E-state index contributed by atoms with van der Waals surface area (Å²) in [6, 6.07) is 7.76. The summed E-state index contributed by atoms with van der Waals surface area (Å²) in [5.74, 6) is 2.52. The molecule has 0 radical (unpaired) electrons. The first-order chi connectivity index (χ1) is 9.72. The quantitative estimate of drug-likeness (QED) is 0.892. The fourth-order valence-corrected chi connectivity index (χ4v) is 3.14. The summed E-state index contributed by atoms with van der Waals surface area (Å²) >= 11 is 0. The highest BCUT2D eigenvalue weighted by atomic mass is 16.5. The molecule has 1 N–H and O–H groups in total. The van der Waals surface area contributed by atoms with Gasteiger partial charge in [-0.15, -0.1) is 0 Å². The van der Waals surface area contributed by atoms with Crippen LogP contribution in [0.1, 0.15) is 43.7 Å². The second kappa shape index (κ2) is 7.31. The van der Waals surface area contributed by atoms with E-state index in [1.165, 1.54) is 25.7 Å². The molecule has 3 heteroatoms. The second-order valence-corrected chi connectivity index (χ2v) is 5.91. The molecule has 3 nitrogen and oxygen atoms in total. The Morgan fingerprint density at radius 2 is 2.25 bits per heavy atom. The third kappa shape index (κ3) is 3.98. The Hall–Kier alpha value is -1.53. The molecule has 0 amide bonds. The van der Waals surface area contributed by atoms with Crippen LogP contribution in [0.5, 0.6) is 5.75 Å². The summed E-state index contributed by atoms with van der Waals surface area (Å²) in [6.45, 7) is 4.18. The summed E-state index contributed by atoms with van der Waals surface area (Å²) in [5, 5.41) is 12.5. The van der Waals surface area contributed by atoms with Crippen molar-refractivity contribution in [3.05, 3.63) is 29.3 Å². The molecule has 2 rings (SSSR count). The lowest BCUT2D eigenvalue weighted by molar-refractivity contribution is 0.273. The van der Waals surface area contributed by atoms with Crippen molar-refractivity contribution in [1.29, 1.82) is 5.26 Å². The van der Waals surface area contributed by atoms with E-state index < -0.39 is 0 Å². The largest absolute Gasteiger partial charge is 0.496 e. The summed E-state index contributed by atoms with van der Waals surface area (Å²) in [7, 11) is 1.67. The first-order valence-electron chi connectivity index (χ1n) is 7.50. The lowest BCUT2D eigenvalue weighted by Gasteiger charge is -2.27. The van der Waals surface area contributed by atoms with Gasteiger partial charge < -0.3 is 10.1 Å². The van der Waals surface area contributed by atoms with Crippen LogP contribution in [0.15, 0.2) is 18.2 Å². The van der Waals surface area contributed by atoms with E-state index in [0.717, 1.165) is 36.2 Å². The van der Waals surface area contributed by atoms with Gasteiger partial charge in [0.05, 0.1) is 18.7 Å². The van der Waals surface area contributed by atoms with Crippen LogP contribution < -0.4 is 10.1 Å². The molecule has 1 fully saturated rings. The molecule has 1 aromatic rings. The van der Waals surface area contributed by atoms with Crippen molar-refractivity contribution in [3.8, 4) is 11.8 Å². The SMILES string of the molecule is COc1ccc(C#N)cc1CNCC1CCCC(C)C1. The van der Waals surface area contributed by atoms with E-state index in [9.17, 15) is 0 Å². The van der Waals surface area contributed by atoms with Crippen LogP contribution in [0.25, 0.3) is 0 Å². The normalized spacial score (nSPS) is 22.2. The number of ether oxygens (including phenoxy) is 1. The summed E-state index contributed by atoms with van der Waals surface area (Å²) < 4.78 is 5.36. The third-order valence-corrected chi connectivity index (χ3v) is 4.20. The van der Waals surface area contributed by atoms with Crippen LogP contribution in [-0.4, -0.2) is 13.7 Å². The molecule has 0 heterocycles. The molecule has 0 aromatic heterocycles. The van der Waals surface area contributed by atoms with Crippen LogP contribution in [-0.2, 0) is 6.54 Å². The maximum Gasteiger partial charge on any atom is 0.123 e. The van der Waals surface area contributed by atoms with E-state index in [0.29, 0.717) is 5.56 Å². The molecular formula is C17H24N2O. The van der Waals surface area contributed by atoms with Crippen LogP contribution in [0.3, 0.4) is 0 Å². The zero-order valence-corrected chi connectivity index (χ0v) is 12.5. The molecule has 0 saturated heterocycles. The van der Waals surface area contributed by atoms with Gasteiger partial charge in [0.15, 0.2) is 0 Å². The summed E-state index contributed by atoms with van der Waals surface area (Å²) in [4.78, 5) is 0. The highest BCUT2D eigenvalue weighted by Crippen LogP contribution is 2.28. The predicted molar refractivity (Wildman–Crippen MR) is 80.5 cm³/mol. The summed E-state index contributed by atoms with van der Waals surface area (Å²) in [6.07, 6.45) is 5.42. The molecule has 1 saturated carbocycles. The van der Waals surface area contributed by atoms with E-state index in [1.807, 2.05) is 12.1 Å². The maximum atomic E-state index is 8.97. The van der Waals surface area contributed by atoms with Crippen LogP contribution in [0, 0.1) is 23.2 Å². The van der Waals surface area contributed by atoms with Gasteiger partial charge in [-0.2, -0.15) is 5.26 Å². The molecule has 1 aromatic carbocycles. The van der Waals surface area contributed by atoms with Gasteiger partial charge in [-0.25, -0.2) is 0 Å². The highest BCUT2D eigenvalue weighted by Gasteiger charge is 2.18. The van der Waals surface area contributed by atoms with Crippen molar-refractivity contribution < 1.29 is 4.74 Å². The Morgan fingerprint density at radius 1 is 1.40 bits per heavy atom. The third-order valence-electron chi connectivity index (χ3n) is 4.20. The van der Waals surface area contributed by atoms with Crippen LogP contribution in [0.2, 0.25) is 0 Å². The standard InChI is InChI=1S/C17H24N2O/c1-13-4-3-5-15(8-13)11-19-12-16-9-14(10-18)6-7-17(16)20-2/h6-7,9,13,15,19H,3-5,8,11-12H2,1-2H3. The van der Waals surface area contributed by atoms with Gasteiger partial charge in [0, 0.05) is 12.1 Å². The molecule has 20 heavy (non-hydrogen) atoms. The number of nitrogens with one attached hydrogen (secondary N) is 1. The van der Waals surface area contributed by atoms with E-state index in [2.05, 4.69) is 18.3 Å². The number of nitrogens with zero attached hydrogens (tertiary/aromatic N) is 1. The zero-order chi connectivity index (χ0) is 14.4. The minimum atomic E-state index is 0.689. The van der Waals surface area contributed by atoms with Gasteiger partial charge in [0.25, 0.3) is 0 Å². The van der Waals surface area contributed by atoms with Crippen molar-refractivity contribution in [2.24, 2.45) is 11.8 Å². The zero-order valence-electron chi connectivity index (χ0n) is 12.5. The van der Waals surface area contributed by atoms with Crippen molar-refractivity contribution >= 4 is 0 Å². The van der Waals surface area contributed by atoms with Crippen molar-refractivity contribution in [2.45, 2.75) is 39.2 Å². The fourth-order valence-electron chi connectivity index (χ4n) is 3.14. The number of nitriles is 1. The van der Waals surface area contributed by atoms with E-state index in [1.54, 1.807) is 13.2 Å². The highest BCUT2D eigenvalue weighted by molar-refractivity contribution is 5.41. The molecule has 0 bridgehead atoms. The number of benzene rings is 1. The van der Waals surface area contributed by atoms with E-state index in [-0.39, 0.29) is 0 Å². The number of hydrogen-bond acceptors (Lipinski definition) is 3. The van der Waals surface area contributed by atoms with Gasteiger partial charge in [-0.1, -0.05) is 19.8 Å². The first kappa shape index (κ1) is 14.9. The van der Waals surface area contributed by atoms with Crippen LogP contribution in [0.4, 0.5) is 0 Å². The van der Waals surface area contributed by atoms with Gasteiger partial charge >= 0.3 is 0 Å². The number of hydrogen-bond donors (Lipinski definition) is 1. The molecule has 1 aliphatic rings. The van der Waals surface area contributed by atoms with Gasteiger partial charge in [-0.3, -0.25) is 0 Å². The maximum absolute atomic E-state index is 8.97. The Kier molecular flexibility index (Phi) is 5.43. The molecule has 2 atom stereocenters. The van der Waals surface area contributed by atoms with E-state index in [4.69, 9.17) is 10.00 Å². The molecule has 0 aliphatic heterocycles. The minimum absolute atomic E-state index is 0.689. The first-order valence-corrected chi connectivity index (χ1v) is 7.50. The monoisotopic (exact) mass is 272 g/mol. The van der Waals surface area contributed by atoms with Gasteiger partial charge in [0.2, 0.25) is 0 Å². The number of rotatable bonds is 5. The van der Waals surface area contributed by atoms with Gasteiger partial charge in [-0.05, 0) is 49.4 Å². The lowest BCUT2D eigenvalue weighted by atomic mass is 9.82.